The lowest BCUT2D eigenvalue weighted by atomic mass is 10.3. The predicted molar refractivity (Wildman–Crippen MR) is 59.8 cm³/mol. The zero-order valence-electron chi connectivity index (χ0n) is 9.23. The third-order valence-corrected chi connectivity index (χ3v) is 2.16. The molecule has 0 atom stereocenters. The number of hydrogen-bond donors (Lipinski definition) is 1. The van der Waals surface area contributed by atoms with Crippen molar-refractivity contribution in [1.82, 2.24) is 19.7 Å². The Morgan fingerprint density at radius 3 is 2.87 bits per heavy atom. The Kier molecular flexibility index (Phi) is 2.53. The van der Waals surface area contributed by atoms with Crippen molar-refractivity contribution < 1.29 is 0 Å². The van der Waals surface area contributed by atoms with Gasteiger partial charge in [0.05, 0.1) is 11.6 Å². The summed E-state index contributed by atoms with van der Waals surface area (Å²) < 4.78 is 1.86. The molecule has 0 radical (unpaired) electrons. The van der Waals surface area contributed by atoms with Crippen molar-refractivity contribution in [1.29, 1.82) is 0 Å². The summed E-state index contributed by atoms with van der Waals surface area (Å²) in [5.41, 5.74) is 0.885. The molecule has 0 aromatic carbocycles. The Hall–Kier alpha value is -1.65. The monoisotopic (exact) mass is 205 g/mol. The van der Waals surface area contributed by atoms with Crippen molar-refractivity contribution in [2.75, 3.05) is 5.32 Å². The van der Waals surface area contributed by atoms with E-state index in [0.29, 0.717) is 6.04 Å². The van der Waals surface area contributed by atoms with Crippen LogP contribution in [-0.4, -0.2) is 25.8 Å². The van der Waals surface area contributed by atoms with Crippen molar-refractivity contribution in [2.24, 2.45) is 0 Å². The van der Waals surface area contributed by atoms with Gasteiger partial charge in [0.15, 0.2) is 5.65 Å². The maximum Gasteiger partial charge on any atom is 0.163 e. The Balaban J connectivity index is 2.52. The van der Waals surface area contributed by atoms with Crippen LogP contribution in [0.5, 0.6) is 0 Å². The van der Waals surface area contributed by atoms with Crippen LogP contribution in [0.2, 0.25) is 0 Å². The standard InChI is InChI=1S/C10H15N5/c1-4-15-10-8(5-13-15)9(11-6-12-10)14-7(2)3/h5-7H,4H2,1-3H3,(H,11,12,14). The first-order valence-corrected chi connectivity index (χ1v) is 5.15. The van der Waals surface area contributed by atoms with E-state index < -0.39 is 0 Å². The zero-order valence-corrected chi connectivity index (χ0v) is 9.23. The number of aryl methyl sites for hydroxylation is 1. The third-order valence-electron chi connectivity index (χ3n) is 2.16. The number of nitrogens with one attached hydrogen (secondary N) is 1. The van der Waals surface area contributed by atoms with E-state index in [2.05, 4.69) is 34.2 Å². The van der Waals surface area contributed by atoms with Gasteiger partial charge < -0.3 is 5.32 Å². The molecular formula is C10H15N5. The fourth-order valence-corrected chi connectivity index (χ4v) is 1.51. The molecule has 2 aromatic heterocycles. The Bertz CT molecular complexity index is 460. The third kappa shape index (κ3) is 1.77. The number of rotatable bonds is 3. The lowest BCUT2D eigenvalue weighted by Gasteiger charge is -2.08. The molecule has 1 N–H and O–H groups in total. The van der Waals surface area contributed by atoms with E-state index in [9.17, 15) is 0 Å². The highest BCUT2D eigenvalue weighted by molar-refractivity contribution is 5.86. The summed E-state index contributed by atoms with van der Waals surface area (Å²) in [5, 5.41) is 8.52. The minimum absolute atomic E-state index is 0.355. The molecule has 0 saturated heterocycles. The molecular weight excluding hydrogens is 190 g/mol. The SMILES string of the molecule is CCn1ncc2c(NC(C)C)ncnc21. The number of anilines is 1. The highest BCUT2D eigenvalue weighted by Gasteiger charge is 2.08. The summed E-state index contributed by atoms with van der Waals surface area (Å²) in [5.74, 6) is 0.856. The first-order chi connectivity index (χ1) is 7.22. The van der Waals surface area contributed by atoms with Crippen LogP contribution in [0.4, 0.5) is 5.82 Å². The second-order valence-corrected chi connectivity index (χ2v) is 3.72. The summed E-state index contributed by atoms with van der Waals surface area (Å²) in [6, 6.07) is 0.355. The maximum atomic E-state index is 4.26. The maximum absolute atomic E-state index is 4.26. The summed E-state index contributed by atoms with van der Waals surface area (Å²) >= 11 is 0. The molecule has 0 spiro atoms. The van der Waals surface area contributed by atoms with Crippen LogP contribution in [-0.2, 0) is 6.54 Å². The van der Waals surface area contributed by atoms with Crippen LogP contribution < -0.4 is 5.32 Å². The summed E-state index contributed by atoms with van der Waals surface area (Å²) in [6.45, 7) is 7.03. The first kappa shape index (κ1) is 9.89. The highest BCUT2D eigenvalue weighted by Crippen LogP contribution is 2.18. The van der Waals surface area contributed by atoms with Crippen LogP contribution in [0.15, 0.2) is 12.5 Å². The van der Waals surface area contributed by atoms with E-state index in [0.717, 1.165) is 23.4 Å². The van der Waals surface area contributed by atoms with Crippen molar-refractivity contribution >= 4 is 16.9 Å². The van der Waals surface area contributed by atoms with E-state index in [4.69, 9.17) is 0 Å². The largest absolute Gasteiger partial charge is 0.367 e. The molecule has 0 bridgehead atoms. The second kappa shape index (κ2) is 3.84. The molecule has 0 aliphatic carbocycles. The smallest absolute Gasteiger partial charge is 0.163 e. The first-order valence-electron chi connectivity index (χ1n) is 5.15. The molecule has 2 rings (SSSR count). The van der Waals surface area contributed by atoms with E-state index in [1.165, 1.54) is 0 Å². The summed E-state index contributed by atoms with van der Waals surface area (Å²) in [6.07, 6.45) is 3.38. The quantitative estimate of drug-likeness (QED) is 0.828. The number of hydrogen-bond acceptors (Lipinski definition) is 4. The van der Waals surface area contributed by atoms with Gasteiger partial charge in [0.1, 0.15) is 12.1 Å². The Labute approximate surface area is 88.5 Å². The zero-order chi connectivity index (χ0) is 10.8. The van der Waals surface area contributed by atoms with E-state index >= 15 is 0 Å². The molecule has 2 heterocycles. The molecule has 2 aromatic rings. The number of aromatic nitrogens is 4. The second-order valence-electron chi connectivity index (χ2n) is 3.72. The van der Waals surface area contributed by atoms with Crippen LogP contribution >= 0.6 is 0 Å². The number of nitrogens with zero attached hydrogens (tertiary/aromatic N) is 4. The molecule has 80 valence electrons. The van der Waals surface area contributed by atoms with Gasteiger partial charge in [-0.15, -0.1) is 0 Å². The predicted octanol–water partition coefficient (Wildman–Crippen LogP) is 1.67. The van der Waals surface area contributed by atoms with Crippen LogP contribution in [0, 0.1) is 0 Å². The Morgan fingerprint density at radius 1 is 1.40 bits per heavy atom. The fourth-order valence-electron chi connectivity index (χ4n) is 1.51. The van der Waals surface area contributed by atoms with Gasteiger partial charge in [0.25, 0.3) is 0 Å². The molecule has 0 amide bonds. The van der Waals surface area contributed by atoms with Crippen molar-refractivity contribution in [3.63, 3.8) is 0 Å². The van der Waals surface area contributed by atoms with Gasteiger partial charge in [0.2, 0.25) is 0 Å². The highest BCUT2D eigenvalue weighted by atomic mass is 15.3. The molecule has 0 saturated carbocycles. The molecule has 0 aliphatic heterocycles. The fraction of sp³-hybridized carbons (Fsp3) is 0.500. The molecule has 15 heavy (non-hydrogen) atoms. The lowest BCUT2D eigenvalue weighted by molar-refractivity contribution is 0.676. The Morgan fingerprint density at radius 2 is 2.20 bits per heavy atom. The lowest BCUT2D eigenvalue weighted by Crippen LogP contribution is -2.11. The van der Waals surface area contributed by atoms with Gasteiger partial charge in [-0.2, -0.15) is 5.10 Å². The average molecular weight is 205 g/mol. The molecule has 5 heteroatoms. The van der Waals surface area contributed by atoms with Gasteiger partial charge in [-0.3, -0.25) is 0 Å². The molecule has 0 unspecified atom stereocenters. The summed E-state index contributed by atoms with van der Waals surface area (Å²) in [7, 11) is 0. The number of fused-ring (bicyclic) bond motifs is 1. The normalized spacial score (nSPS) is 11.2. The van der Waals surface area contributed by atoms with Gasteiger partial charge in [-0.1, -0.05) is 0 Å². The van der Waals surface area contributed by atoms with E-state index in [-0.39, 0.29) is 0 Å². The van der Waals surface area contributed by atoms with E-state index in [1.54, 1.807) is 6.33 Å². The van der Waals surface area contributed by atoms with E-state index in [1.807, 2.05) is 17.8 Å². The van der Waals surface area contributed by atoms with Gasteiger partial charge in [0, 0.05) is 12.6 Å². The molecule has 0 aliphatic rings. The van der Waals surface area contributed by atoms with Crippen molar-refractivity contribution in [3.05, 3.63) is 12.5 Å². The topological polar surface area (TPSA) is 55.6 Å². The van der Waals surface area contributed by atoms with Crippen LogP contribution in [0.3, 0.4) is 0 Å². The molecule has 5 nitrogen and oxygen atoms in total. The summed E-state index contributed by atoms with van der Waals surface area (Å²) in [4.78, 5) is 8.45. The van der Waals surface area contributed by atoms with Gasteiger partial charge in [-0.25, -0.2) is 14.6 Å². The van der Waals surface area contributed by atoms with Crippen molar-refractivity contribution in [3.8, 4) is 0 Å². The van der Waals surface area contributed by atoms with Crippen molar-refractivity contribution in [2.45, 2.75) is 33.4 Å². The van der Waals surface area contributed by atoms with Crippen LogP contribution in [0.1, 0.15) is 20.8 Å². The average Bonchev–Trinajstić information content (AvgIpc) is 2.61. The minimum Gasteiger partial charge on any atom is -0.367 e. The minimum atomic E-state index is 0.355. The molecule has 0 fully saturated rings. The van der Waals surface area contributed by atoms with Gasteiger partial charge >= 0.3 is 0 Å². The van der Waals surface area contributed by atoms with Crippen LogP contribution in [0.25, 0.3) is 11.0 Å². The van der Waals surface area contributed by atoms with Gasteiger partial charge in [-0.05, 0) is 20.8 Å².